The van der Waals surface area contributed by atoms with Crippen molar-refractivity contribution in [1.82, 2.24) is 19.7 Å². The van der Waals surface area contributed by atoms with Crippen LogP contribution in [0.1, 0.15) is 10.4 Å². The van der Waals surface area contributed by atoms with E-state index in [1.165, 1.54) is 22.2 Å². The number of benzene rings is 1. The number of ether oxygens (including phenoxy) is 1. The van der Waals surface area contributed by atoms with Gasteiger partial charge in [0.05, 0.1) is 6.54 Å². The number of aryl methyl sites for hydroxylation is 1. The Kier molecular flexibility index (Phi) is 4.34. The number of carbonyl (C=O) groups excluding carboxylic acids is 1. The van der Waals surface area contributed by atoms with Crippen molar-refractivity contribution in [2.45, 2.75) is 20.0 Å². The smallest absolute Gasteiger partial charge is 0.244 e. The lowest BCUT2D eigenvalue weighted by atomic mass is 10.1. The van der Waals surface area contributed by atoms with E-state index in [4.69, 9.17) is 4.74 Å². The molecule has 0 radical (unpaired) electrons. The highest BCUT2D eigenvalue weighted by atomic mass is 32.1. The third-order valence-corrected chi connectivity index (χ3v) is 5.31. The van der Waals surface area contributed by atoms with Gasteiger partial charge in [-0.1, -0.05) is 0 Å². The third kappa shape index (κ3) is 3.28. The standard InChI is InChI=1S/C18H18N4O3S/c1-12-2-3-16(26-12)13-6-14-8-21(4-5-25-18(14)15(23)7-13)17(24)9-22-11-19-10-20-22/h2-3,6-7,10-11,23H,4-5,8-9H2,1H3. The van der Waals surface area contributed by atoms with Gasteiger partial charge < -0.3 is 14.7 Å². The Morgan fingerprint density at radius 2 is 2.27 bits per heavy atom. The predicted molar refractivity (Wildman–Crippen MR) is 97.1 cm³/mol. The minimum Gasteiger partial charge on any atom is -0.504 e. The second-order valence-corrected chi connectivity index (χ2v) is 7.44. The average molecular weight is 370 g/mol. The number of fused-ring (bicyclic) bond motifs is 1. The summed E-state index contributed by atoms with van der Waals surface area (Å²) in [5.74, 6) is 0.496. The van der Waals surface area contributed by atoms with E-state index in [0.29, 0.717) is 25.4 Å². The Balaban J connectivity index is 1.62. The van der Waals surface area contributed by atoms with Crippen LogP contribution >= 0.6 is 11.3 Å². The topological polar surface area (TPSA) is 80.5 Å². The molecule has 0 aliphatic carbocycles. The highest BCUT2D eigenvalue weighted by Crippen LogP contribution is 2.39. The Hall–Kier alpha value is -2.87. The lowest BCUT2D eigenvalue weighted by Gasteiger charge is -2.20. The molecule has 0 bridgehead atoms. The number of hydrogen-bond acceptors (Lipinski definition) is 6. The quantitative estimate of drug-likeness (QED) is 0.766. The molecule has 0 unspecified atom stereocenters. The van der Waals surface area contributed by atoms with E-state index in [1.54, 1.807) is 22.3 Å². The fourth-order valence-corrected chi connectivity index (χ4v) is 3.85. The molecule has 0 spiro atoms. The molecule has 3 heterocycles. The van der Waals surface area contributed by atoms with Crippen molar-refractivity contribution in [3.8, 4) is 21.9 Å². The summed E-state index contributed by atoms with van der Waals surface area (Å²) in [5, 5.41) is 14.4. The van der Waals surface area contributed by atoms with Gasteiger partial charge in [-0.2, -0.15) is 5.10 Å². The van der Waals surface area contributed by atoms with Gasteiger partial charge in [0, 0.05) is 21.9 Å². The first-order chi connectivity index (χ1) is 12.6. The van der Waals surface area contributed by atoms with Gasteiger partial charge in [0.2, 0.25) is 5.91 Å². The van der Waals surface area contributed by atoms with Gasteiger partial charge in [0.25, 0.3) is 0 Å². The van der Waals surface area contributed by atoms with E-state index >= 15 is 0 Å². The zero-order valence-corrected chi connectivity index (χ0v) is 15.1. The molecule has 8 heteroatoms. The Morgan fingerprint density at radius 3 is 3.00 bits per heavy atom. The lowest BCUT2D eigenvalue weighted by molar-refractivity contribution is -0.132. The molecule has 1 N–H and O–H groups in total. The summed E-state index contributed by atoms with van der Waals surface area (Å²) >= 11 is 1.66. The van der Waals surface area contributed by atoms with Crippen LogP contribution in [0.5, 0.6) is 11.5 Å². The molecule has 0 atom stereocenters. The van der Waals surface area contributed by atoms with Crippen LogP contribution in [-0.2, 0) is 17.9 Å². The second kappa shape index (κ2) is 6.80. The summed E-state index contributed by atoms with van der Waals surface area (Å²) in [6.07, 6.45) is 2.92. The van der Waals surface area contributed by atoms with Crippen molar-refractivity contribution in [3.63, 3.8) is 0 Å². The molecule has 2 aromatic heterocycles. The molecular weight excluding hydrogens is 352 g/mol. The molecule has 3 aromatic rings. The fraction of sp³-hybridized carbons (Fsp3) is 0.278. The fourth-order valence-electron chi connectivity index (χ4n) is 3.00. The summed E-state index contributed by atoms with van der Waals surface area (Å²) < 4.78 is 7.21. The van der Waals surface area contributed by atoms with E-state index in [-0.39, 0.29) is 18.2 Å². The summed E-state index contributed by atoms with van der Waals surface area (Å²) in [6.45, 7) is 3.35. The minimum atomic E-state index is -0.0659. The molecule has 1 aliphatic heterocycles. The molecule has 1 aliphatic rings. The first-order valence-corrected chi connectivity index (χ1v) is 9.07. The molecule has 26 heavy (non-hydrogen) atoms. The summed E-state index contributed by atoms with van der Waals surface area (Å²) in [7, 11) is 0. The summed E-state index contributed by atoms with van der Waals surface area (Å²) in [5.41, 5.74) is 1.73. The van der Waals surface area contributed by atoms with Crippen LogP contribution in [0.2, 0.25) is 0 Å². The van der Waals surface area contributed by atoms with Crippen molar-refractivity contribution >= 4 is 17.2 Å². The van der Waals surface area contributed by atoms with Crippen LogP contribution < -0.4 is 4.74 Å². The molecule has 0 saturated heterocycles. The van der Waals surface area contributed by atoms with Crippen LogP contribution in [-0.4, -0.2) is 43.8 Å². The van der Waals surface area contributed by atoms with E-state index in [9.17, 15) is 9.90 Å². The number of nitrogens with zero attached hydrogens (tertiary/aromatic N) is 4. The number of carbonyl (C=O) groups is 1. The zero-order chi connectivity index (χ0) is 18.1. The first-order valence-electron chi connectivity index (χ1n) is 8.26. The van der Waals surface area contributed by atoms with Crippen molar-refractivity contribution in [3.05, 3.63) is 47.4 Å². The Bertz CT molecular complexity index is 936. The molecule has 0 fully saturated rings. The normalized spacial score (nSPS) is 13.8. The minimum absolute atomic E-state index is 0.0659. The molecule has 1 aromatic carbocycles. The SMILES string of the molecule is Cc1ccc(-c2cc(O)c3c(c2)CN(C(=O)Cn2cncn2)CCO3)s1. The van der Waals surface area contributed by atoms with Crippen LogP contribution in [0.3, 0.4) is 0 Å². The third-order valence-electron chi connectivity index (χ3n) is 4.26. The second-order valence-electron chi connectivity index (χ2n) is 6.15. The maximum Gasteiger partial charge on any atom is 0.244 e. The number of aromatic hydroxyl groups is 1. The van der Waals surface area contributed by atoms with Gasteiger partial charge >= 0.3 is 0 Å². The highest BCUT2D eigenvalue weighted by molar-refractivity contribution is 7.15. The number of rotatable bonds is 3. The number of phenolic OH excluding ortho intramolecular Hbond substituents is 1. The number of phenols is 1. The zero-order valence-electron chi connectivity index (χ0n) is 14.3. The van der Waals surface area contributed by atoms with Crippen LogP contribution in [0, 0.1) is 6.92 Å². The number of amides is 1. The van der Waals surface area contributed by atoms with E-state index in [1.807, 2.05) is 25.1 Å². The summed E-state index contributed by atoms with van der Waals surface area (Å²) in [6, 6.07) is 7.79. The molecule has 134 valence electrons. The van der Waals surface area contributed by atoms with Crippen LogP contribution in [0.25, 0.3) is 10.4 Å². The van der Waals surface area contributed by atoms with Gasteiger partial charge in [0.15, 0.2) is 11.5 Å². The van der Waals surface area contributed by atoms with Crippen LogP contribution in [0.4, 0.5) is 0 Å². The van der Waals surface area contributed by atoms with E-state index < -0.39 is 0 Å². The van der Waals surface area contributed by atoms with E-state index in [0.717, 1.165) is 16.0 Å². The Morgan fingerprint density at radius 1 is 1.38 bits per heavy atom. The lowest BCUT2D eigenvalue weighted by Crippen LogP contribution is -2.35. The summed E-state index contributed by atoms with van der Waals surface area (Å²) in [4.78, 5) is 20.4. The number of aromatic nitrogens is 3. The van der Waals surface area contributed by atoms with Gasteiger partial charge in [-0.15, -0.1) is 11.3 Å². The maximum absolute atomic E-state index is 12.6. The maximum atomic E-state index is 12.6. The monoisotopic (exact) mass is 370 g/mol. The number of thiophene rings is 1. The van der Waals surface area contributed by atoms with E-state index in [2.05, 4.69) is 10.1 Å². The van der Waals surface area contributed by atoms with Gasteiger partial charge in [-0.3, -0.25) is 4.79 Å². The molecule has 7 nitrogen and oxygen atoms in total. The first kappa shape index (κ1) is 16.6. The van der Waals surface area contributed by atoms with Crippen molar-refractivity contribution < 1.29 is 14.6 Å². The average Bonchev–Trinajstić information content (AvgIpc) is 3.22. The highest BCUT2D eigenvalue weighted by Gasteiger charge is 2.23. The molecule has 4 rings (SSSR count). The van der Waals surface area contributed by atoms with Crippen LogP contribution in [0.15, 0.2) is 36.9 Å². The van der Waals surface area contributed by atoms with Gasteiger partial charge in [0.1, 0.15) is 25.8 Å². The molecule has 1 amide bonds. The van der Waals surface area contributed by atoms with Crippen molar-refractivity contribution in [2.24, 2.45) is 0 Å². The van der Waals surface area contributed by atoms with Crippen molar-refractivity contribution in [2.75, 3.05) is 13.2 Å². The van der Waals surface area contributed by atoms with Gasteiger partial charge in [-0.05, 0) is 36.8 Å². The largest absolute Gasteiger partial charge is 0.504 e. The Labute approximate surface area is 154 Å². The molecular formula is C18H18N4O3S. The van der Waals surface area contributed by atoms with Crippen molar-refractivity contribution in [1.29, 1.82) is 0 Å². The number of hydrogen-bond donors (Lipinski definition) is 1. The predicted octanol–water partition coefficient (Wildman–Crippen LogP) is 2.44. The van der Waals surface area contributed by atoms with Gasteiger partial charge in [-0.25, -0.2) is 9.67 Å². The molecule has 0 saturated carbocycles.